The van der Waals surface area contributed by atoms with E-state index in [1.807, 2.05) is 0 Å². The molecule has 0 aliphatic heterocycles. The van der Waals surface area contributed by atoms with Gasteiger partial charge in [0.2, 0.25) is 0 Å². The zero-order valence-corrected chi connectivity index (χ0v) is 11.9. The van der Waals surface area contributed by atoms with E-state index in [4.69, 9.17) is 5.11 Å². The summed E-state index contributed by atoms with van der Waals surface area (Å²) < 4.78 is 12.9. The number of aromatic nitrogens is 3. The highest BCUT2D eigenvalue weighted by Crippen LogP contribution is 2.34. The largest absolute Gasteiger partial charge is 0.396 e. The summed E-state index contributed by atoms with van der Waals surface area (Å²) in [6, 6.07) is 5.67. The van der Waals surface area contributed by atoms with Gasteiger partial charge in [-0.3, -0.25) is 4.79 Å². The number of carbonyl (C=O) groups excluding carboxylic acids is 1. The Balaban J connectivity index is 1.69. The van der Waals surface area contributed by atoms with Crippen LogP contribution in [-0.2, 0) is 0 Å². The first kappa shape index (κ1) is 14.6. The number of carbonyl (C=O) groups is 1. The third kappa shape index (κ3) is 3.30. The van der Waals surface area contributed by atoms with Gasteiger partial charge in [-0.15, -0.1) is 5.10 Å². The maximum Gasteiger partial charge on any atom is 0.273 e. The molecule has 1 amide bonds. The monoisotopic (exact) mass is 304 g/mol. The van der Waals surface area contributed by atoms with Crippen molar-refractivity contribution in [2.45, 2.75) is 25.3 Å². The topological polar surface area (TPSA) is 80.0 Å². The van der Waals surface area contributed by atoms with E-state index < -0.39 is 0 Å². The number of amides is 1. The molecule has 6 nitrogen and oxygen atoms in total. The van der Waals surface area contributed by atoms with Crippen molar-refractivity contribution in [3.05, 3.63) is 42.0 Å². The highest BCUT2D eigenvalue weighted by atomic mass is 19.1. The van der Waals surface area contributed by atoms with Crippen LogP contribution in [0.5, 0.6) is 0 Å². The fraction of sp³-hybridized carbons (Fsp3) is 0.400. The van der Waals surface area contributed by atoms with E-state index in [9.17, 15) is 9.18 Å². The first-order valence-corrected chi connectivity index (χ1v) is 7.27. The summed E-state index contributed by atoms with van der Waals surface area (Å²) in [6.45, 7) is 0.0454. The standard InChI is InChI=1S/C15H17FN4O2/c16-11-3-5-12(6-4-11)20-17-9-14(19-20)15(22)18-13(7-8-21)10-1-2-10/h3-6,9-10,13,21H,1-2,7-8H2,(H,18,22). The number of rotatable bonds is 6. The van der Waals surface area contributed by atoms with Gasteiger partial charge in [-0.25, -0.2) is 4.39 Å². The number of nitrogens with one attached hydrogen (secondary N) is 1. The Hall–Kier alpha value is -2.28. The summed E-state index contributed by atoms with van der Waals surface area (Å²) in [5, 5.41) is 20.1. The number of nitrogens with zero attached hydrogens (tertiary/aromatic N) is 3. The van der Waals surface area contributed by atoms with Crippen LogP contribution in [0.2, 0.25) is 0 Å². The number of halogens is 1. The molecule has 22 heavy (non-hydrogen) atoms. The van der Waals surface area contributed by atoms with Gasteiger partial charge in [0.15, 0.2) is 5.69 Å². The molecule has 0 bridgehead atoms. The van der Waals surface area contributed by atoms with E-state index in [0.29, 0.717) is 18.0 Å². The highest BCUT2D eigenvalue weighted by molar-refractivity contribution is 5.92. The van der Waals surface area contributed by atoms with Gasteiger partial charge in [-0.05, 0) is 49.4 Å². The Bertz CT molecular complexity index is 652. The zero-order valence-electron chi connectivity index (χ0n) is 11.9. The van der Waals surface area contributed by atoms with Crippen LogP contribution in [0, 0.1) is 11.7 Å². The van der Waals surface area contributed by atoms with Crippen LogP contribution in [0.25, 0.3) is 5.69 Å². The van der Waals surface area contributed by atoms with E-state index >= 15 is 0 Å². The molecule has 1 heterocycles. The minimum atomic E-state index is -0.342. The normalized spacial score (nSPS) is 15.5. The number of benzene rings is 1. The lowest BCUT2D eigenvalue weighted by Gasteiger charge is -2.15. The van der Waals surface area contributed by atoms with Crippen LogP contribution in [0.4, 0.5) is 4.39 Å². The van der Waals surface area contributed by atoms with Gasteiger partial charge in [0.1, 0.15) is 5.82 Å². The lowest BCUT2D eigenvalue weighted by Crippen LogP contribution is -2.37. The molecule has 1 saturated carbocycles. The fourth-order valence-electron chi connectivity index (χ4n) is 2.37. The van der Waals surface area contributed by atoms with Crippen LogP contribution in [0.3, 0.4) is 0 Å². The molecule has 0 spiro atoms. The fourth-order valence-corrected chi connectivity index (χ4v) is 2.37. The second-order valence-electron chi connectivity index (χ2n) is 5.43. The molecular weight excluding hydrogens is 287 g/mol. The summed E-state index contributed by atoms with van der Waals surface area (Å²) in [5.74, 6) is -0.202. The van der Waals surface area contributed by atoms with Gasteiger partial charge in [0.05, 0.1) is 11.9 Å². The molecule has 2 aromatic rings. The van der Waals surface area contributed by atoms with Gasteiger partial charge in [0, 0.05) is 12.6 Å². The molecule has 1 atom stereocenters. The van der Waals surface area contributed by atoms with Gasteiger partial charge in [-0.2, -0.15) is 9.90 Å². The van der Waals surface area contributed by atoms with E-state index in [2.05, 4.69) is 15.5 Å². The van der Waals surface area contributed by atoms with Crippen molar-refractivity contribution in [1.82, 2.24) is 20.3 Å². The highest BCUT2D eigenvalue weighted by Gasteiger charge is 2.32. The van der Waals surface area contributed by atoms with Crippen molar-refractivity contribution < 1.29 is 14.3 Å². The lowest BCUT2D eigenvalue weighted by atomic mass is 10.1. The summed E-state index contributed by atoms with van der Waals surface area (Å²) in [5.41, 5.74) is 0.780. The molecule has 1 aromatic carbocycles. The molecule has 1 aromatic heterocycles. The predicted molar refractivity (Wildman–Crippen MR) is 77.0 cm³/mol. The average molecular weight is 304 g/mol. The summed E-state index contributed by atoms with van der Waals surface area (Å²) in [6.07, 6.45) is 4.07. The van der Waals surface area contributed by atoms with Crippen molar-refractivity contribution in [2.75, 3.05) is 6.61 Å². The lowest BCUT2D eigenvalue weighted by molar-refractivity contribution is 0.0918. The first-order chi connectivity index (χ1) is 10.7. The quantitative estimate of drug-likeness (QED) is 0.843. The minimum absolute atomic E-state index is 0.0199. The summed E-state index contributed by atoms with van der Waals surface area (Å²) >= 11 is 0. The molecule has 116 valence electrons. The molecule has 1 aliphatic carbocycles. The number of aliphatic hydroxyl groups excluding tert-OH is 1. The van der Waals surface area contributed by atoms with Gasteiger partial charge < -0.3 is 10.4 Å². The Kier molecular flexibility index (Phi) is 4.15. The van der Waals surface area contributed by atoms with Gasteiger partial charge in [0.25, 0.3) is 5.91 Å². The Morgan fingerprint density at radius 1 is 1.41 bits per heavy atom. The van der Waals surface area contributed by atoms with E-state index in [-0.39, 0.29) is 30.1 Å². The molecule has 1 fully saturated rings. The number of hydrogen-bond acceptors (Lipinski definition) is 4. The van der Waals surface area contributed by atoms with E-state index in [1.54, 1.807) is 0 Å². The Morgan fingerprint density at radius 2 is 2.14 bits per heavy atom. The van der Waals surface area contributed by atoms with Crippen molar-refractivity contribution in [3.63, 3.8) is 0 Å². The smallest absolute Gasteiger partial charge is 0.273 e. The van der Waals surface area contributed by atoms with E-state index in [1.165, 1.54) is 35.3 Å². The molecule has 0 saturated heterocycles. The van der Waals surface area contributed by atoms with Crippen molar-refractivity contribution in [2.24, 2.45) is 5.92 Å². The number of aliphatic hydroxyl groups is 1. The SMILES string of the molecule is O=C(NC(CCO)C1CC1)c1cnn(-c2ccc(F)cc2)n1. The van der Waals surface area contributed by atoms with Crippen LogP contribution >= 0.6 is 0 Å². The van der Waals surface area contributed by atoms with E-state index in [0.717, 1.165) is 12.8 Å². The van der Waals surface area contributed by atoms with Crippen molar-refractivity contribution in [1.29, 1.82) is 0 Å². The minimum Gasteiger partial charge on any atom is -0.396 e. The second kappa shape index (κ2) is 6.23. The Morgan fingerprint density at radius 3 is 2.77 bits per heavy atom. The van der Waals surface area contributed by atoms with Crippen molar-refractivity contribution in [3.8, 4) is 5.69 Å². The Labute approximate surface area is 127 Å². The third-order valence-corrected chi connectivity index (χ3v) is 3.73. The zero-order chi connectivity index (χ0) is 15.5. The maximum atomic E-state index is 12.9. The second-order valence-corrected chi connectivity index (χ2v) is 5.43. The molecule has 2 N–H and O–H groups in total. The van der Waals surface area contributed by atoms with Crippen molar-refractivity contribution >= 4 is 5.91 Å². The third-order valence-electron chi connectivity index (χ3n) is 3.73. The van der Waals surface area contributed by atoms with Crippen LogP contribution in [0.1, 0.15) is 29.8 Å². The maximum absolute atomic E-state index is 12.9. The molecule has 7 heteroatoms. The number of hydrogen-bond donors (Lipinski definition) is 2. The molecule has 1 aliphatic rings. The molecular formula is C15H17FN4O2. The molecule has 0 radical (unpaired) electrons. The van der Waals surface area contributed by atoms with Crippen LogP contribution in [0.15, 0.2) is 30.5 Å². The van der Waals surface area contributed by atoms with Crippen LogP contribution in [-0.4, -0.2) is 38.7 Å². The summed E-state index contributed by atoms with van der Waals surface area (Å²) in [4.78, 5) is 13.5. The first-order valence-electron chi connectivity index (χ1n) is 7.27. The van der Waals surface area contributed by atoms with Crippen LogP contribution < -0.4 is 5.32 Å². The molecule has 3 rings (SSSR count). The molecule has 1 unspecified atom stereocenters. The van der Waals surface area contributed by atoms with Gasteiger partial charge >= 0.3 is 0 Å². The van der Waals surface area contributed by atoms with Gasteiger partial charge in [-0.1, -0.05) is 0 Å². The average Bonchev–Trinajstić information content (AvgIpc) is 3.24. The summed E-state index contributed by atoms with van der Waals surface area (Å²) in [7, 11) is 0. The predicted octanol–water partition coefficient (Wildman–Crippen LogP) is 1.30.